The van der Waals surface area contributed by atoms with Crippen LogP contribution >= 0.6 is 0 Å². The van der Waals surface area contributed by atoms with E-state index in [1.807, 2.05) is 46.0 Å². The highest BCUT2D eigenvalue weighted by Crippen LogP contribution is 2.27. The van der Waals surface area contributed by atoms with E-state index >= 15 is 0 Å². The van der Waals surface area contributed by atoms with Crippen LogP contribution in [-0.2, 0) is 0 Å². The summed E-state index contributed by atoms with van der Waals surface area (Å²) in [7, 11) is 1.95. The van der Waals surface area contributed by atoms with E-state index < -0.39 is 0 Å². The van der Waals surface area contributed by atoms with Gasteiger partial charge in [0, 0.05) is 5.56 Å². The van der Waals surface area contributed by atoms with Crippen molar-refractivity contribution < 1.29 is 9.15 Å². The van der Waals surface area contributed by atoms with Crippen molar-refractivity contribution in [1.29, 1.82) is 0 Å². The van der Waals surface area contributed by atoms with Gasteiger partial charge in [-0.15, -0.1) is 0 Å². The average Bonchev–Trinajstić information content (AvgIpc) is 2.77. The second-order valence-corrected chi connectivity index (χ2v) is 4.89. The van der Waals surface area contributed by atoms with Crippen molar-refractivity contribution in [2.75, 3.05) is 7.05 Å². The lowest BCUT2D eigenvalue weighted by atomic mass is 9.99. The maximum absolute atomic E-state index is 5.75. The van der Waals surface area contributed by atoms with Crippen LogP contribution in [0.1, 0.15) is 36.8 Å². The molecule has 102 valence electrons. The predicted octanol–water partition coefficient (Wildman–Crippen LogP) is 3.68. The third-order valence-corrected chi connectivity index (χ3v) is 3.06. The van der Waals surface area contributed by atoms with Crippen molar-refractivity contribution in [2.45, 2.75) is 32.9 Å². The number of nitrogens with one attached hydrogen (secondary N) is 1. The first-order chi connectivity index (χ1) is 9.11. The average molecular weight is 259 g/mol. The Morgan fingerprint density at radius 2 is 2.00 bits per heavy atom. The van der Waals surface area contributed by atoms with Gasteiger partial charge in [0.25, 0.3) is 0 Å². The summed E-state index contributed by atoms with van der Waals surface area (Å²) in [5, 5.41) is 3.33. The van der Waals surface area contributed by atoms with Crippen LogP contribution in [0.2, 0.25) is 0 Å². The van der Waals surface area contributed by atoms with E-state index in [1.54, 1.807) is 6.26 Å². The number of hydrogen-bond acceptors (Lipinski definition) is 3. The smallest absolute Gasteiger partial charge is 0.120 e. The zero-order valence-corrected chi connectivity index (χ0v) is 11.9. The minimum atomic E-state index is 0.120. The van der Waals surface area contributed by atoms with Gasteiger partial charge in [-0.2, -0.15) is 0 Å². The normalized spacial score (nSPS) is 12.7. The second-order valence-electron chi connectivity index (χ2n) is 4.89. The SMILES string of the molecule is CNC(c1cccc(OC(C)C)c1)c1ccoc1C. The van der Waals surface area contributed by atoms with Gasteiger partial charge in [0.15, 0.2) is 0 Å². The molecule has 1 aromatic carbocycles. The molecule has 0 fully saturated rings. The largest absolute Gasteiger partial charge is 0.491 e. The van der Waals surface area contributed by atoms with Gasteiger partial charge in [0.2, 0.25) is 0 Å². The van der Waals surface area contributed by atoms with E-state index in [0.717, 1.165) is 17.1 Å². The lowest BCUT2D eigenvalue weighted by molar-refractivity contribution is 0.242. The topological polar surface area (TPSA) is 34.4 Å². The van der Waals surface area contributed by atoms with Crippen molar-refractivity contribution in [2.24, 2.45) is 0 Å². The maximum atomic E-state index is 5.75. The van der Waals surface area contributed by atoms with Crippen LogP contribution in [0.25, 0.3) is 0 Å². The Hall–Kier alpha value is -1.74. The molecule has 1 N–H and O–H groups in total. The van der Waals surface area contributed by atoms with Gasteiger partial charge in [-0.05, 0) is 51.6 Å². The highest BCUT2D eigenvalue weighted by Gasteiger charge is 2.16. The highest BCUT2D eigenvalue weighted by molar-refractivity contribution is 5.37. The van der Waals surface area contributed by atoms with Gasteiger partial charge in [-0.25, -0.2) is 0 Å². The Bertz CT molecular complexity index is 531. The highest BCUT2D eigenvalue weighted by atomic mass is 16.5. The summed E-state index contributed by atoms with van der Waals surface area (Å²) < 4.78 is 11.1. The number of hydrogen-bond donors (Lipinski definition) is 1. The van der Waals surface area contributed by atoms with Gasteiger partial charge in [-0.1, -0.05) is 12.1 Å². The lowest BCUT2D eigenvalue weighted by Gasteiger charge is -2.18. The molecule has 2 rings (SSSR count). The molecule has 0 aliphatic heterocycles. The molecule has 0 aliphatic rings. The Labute approximate surface area is 114 Å². The molecule has 0 aliphatic carbocycles. The van der Waals surface area contributed by atoms with Crippen molar-refractivity contribution in [3.63, 3.8) is 0 Å². The first-order valence-electron chi connectivity index (χ1n) is 6.59. The van der Waals surface area contributed by atoms with Crippen LogP contribution in [0.3, 0.4) is 0 Å². The molecule has 3 heteroatoms. The van der Waals surface area contributed by atoms with Gasteiger partial charge in [0.1, 0.15) is 11.5 Å². The molecule has 0 amide bonds. The van der Waals surface area contributed by atoms with E-state index in [1.165, 1.54) is 5.56 Å². The van der Waals surface area contributed by atoms with Gasteiger partial charge < -0.3 is 14.5 Å². The van der Waals surface area contributed by atoms with Crippen LogP contribution in [0.4, 0.5) is 0 Å². The fourth-order valence-corrected chi connectivity index (χ4v) is 2.24. The van der Waals surface area contributed by atoms with Crippen molar-refractivity contribution >= 4 is 0 Å². The summed E-state index contributed by atoms with van der Waals surface area (Å²) >= 11 is 0. The molecule has 0 spiro atoms. The fraction of sp³-hybridized carbons (Fsp3) is 0.375. The second kappa shape index (κ2) is 5.93. The van der Waals surface area contributed by atoms with Crippen LogP contribution in [0, 0.1) is 6.92 Å². The third-order valence-electron chi connectivity index (χ3n) is 3.06. The number of benzene rings is 1. The Morgan fingerprint density at radius 3 is 2.58 bits per heavy atom. The molecule has 2 aromatic rings. The Balaban J connectivity index is 2.31. The lowest BCUT2D eigenvalue weighted by Crippen LogP contribution is -2.18. The summed E-state index contributed by atoms with van der Waals surface area (Å²) in [6, 6.07) is 10.3. The fourth-order valence-electron chi connectivity index (χ4n) is 2.24. The molecule has 1 unspecified atom stereocenters. The van der Waals surface area contributed by atoms with Gasteiger partial charge in [0.05, 0.1) is 18.4 Å². The van der Waals surface area contributed by atoms with Crippen LogP contribution in [0.15, 0.2) is 41.0 Å². The molecular formula is C16H21NO2. The Kier molecular flexibility index (Phi) is 4.27. The molecule has 3 nitrogen and oxygen atoms in total. The van der Waals surface area contributed by atoms with E-state index in [-0.39, 0.29) is 12.1 Å². The molecule has 0 saturated heterocycles. The minimum Gasteiger partial charge on any atom is -0.491 e. The van der Waals surface area contributed by atoms with Gasteiger partial charge in [-0.3, -0.25) is 0 Å². The standard InChI is InChI=1S/C16H21NO2/c1-11(2)19-14-7-5-6-13(10-14)16(17-4)15-8-9-18-12(15)3/h5-11,16-17H,1-4H3. The first kappa shape index (κ1) is 13.7. The zero-order valence-electron chi connectivity index (χ0n) is 11.9. The third kappa shape index (κ3) is 3.18. The number of aryl methyl sites for hydroxylation is 1. The van der Waals surface area contributed by atoms with Gasteiger partial charge >= 0.3 is 0 Å². The minimum absolute atomic E-state index is 0.120. The molecule has 0 bridgehead atoms. The zero-order chi connectivity index (χ0) is 13.8. The van der Waals surface area contributed by atoms with Crippen LogP contribution in [-0.4, -0.2) is 13.2 Å². The summed E-state index contributed by atoms with van der Waals surface area (Å²) in [5.41, 5.74) is 2.33. The van der Waals surface area contributed by atoms with Crippen LogP contribution < -0.4 is 10.1 Å². The first-order valence-corrected chi connectivity index (χ1v) is 6.59. The summed E-state index contributed by atoms with van der Waals surface area (Å²) in [4.78, 5) is 0. The molecule has 0 saturated carbocycles. The van der Waals surface area contributed by atoms with E-state index in [2.05, 4.69) is 17.4 Å². The summed E-state index contributed by atoms with van der Waals surface area (Å²) in [6.07, 6.45) is 1.91. The monoisotopic (exact) mass is 259 g/mol. The molecule has 19 heavy (non-hydrogen) atoms. The summed E-state index contributed by atoms with van der Waals surface area (Å²) in [6.45, 7) is 6.04. The van der Waals surface area contributed by atoms with Crippen LogP contribution in [0.5, 0.6) is 5.75 Å². The Morgan fingerprint density at radius 1 is 1.21 bits per heavy atom. The van der Waals surface area contributed by atoms with Crippen molar-refractivity contribution in [1.82, 2.24) is 5.32 Å². The van der Waals surface area contributed by atoms with Crippen molar-refractivity contribution in [3.8, 4) is 5.75 Å². The van der Waals surface area contributed by atoms with E-state index in [0.29, 0.717) is 0 Å². The van der Waals surface area contributed by atoms with Crippen molar-refractivity contribution in [3.05, 3.63) is 53.5 Å². The molecule has 0 radical (unpaired) electrons. The quantitative estimate of drug-likeness (QED) is 0.889. The number of rotatable bonds is 5. The molecular weight excluding hydrogens is 238 g/mol. The molecule has 1 heterocycles. The number of furan rings is 1. The van der Waals surface area contributed by atoms with E-state index in [4.69, 9.17) is 9.15 Å². The maximum Gasteiger partial charge on any atom is 0.120 e. The summed E-state index contributed by atoms with van der Waals surface area (Å²) in [5.74, 6) is 1.84. The molecule has 1 aromatic heterocycles. The number of ether oxygens (including phenoxy) is 1. The predicted molar refractivity (Wildman–Crippen MR) is 76.6 cm³/mol. The molecule has 1 atom stereocenters. The van der Waals surface area contributed by atoms with E-state index in [9.17, 15) is 0 Å².